The normalized spacial score (nSPS) is 23.5. The molecule has 27 heavy (non-hydrogen) atoms. The smallest absolute Gasteiger partial charge is 0.227 e. The first-order valence-electron chi connectivity index (χ1n) is 9.47. The molecule has 2 saturated heterocycles. The molecule has 7 heteroatoms. The average molecular weight is 375 g/mol. The zero-order valence-corrected chi connectivity index (χ0v) is 16.4. The molecule has 0 aliphatic carbocycles. The molecule has 7 nitrogen and oxygen atoms in total. The van der Waals surface area contributed by atoms with Gasteiger partial charge in [-0.1, -0.05) is 6.07 Å². The molecule has 2 aliphatic rings. The molecular formula is C20H29N3O4. The van der Waals surface area contributed by atoms with Crippen LogP contribution in [0.4, 0.5) is 5.69 Å². The van der Waals surface area contributed by atoms with E-state index in [0.29, 0.717) is 32.5 Å². The van der Waals surface area contributed by atoms with Crippen LogP contribution in [0.3, 0.4) is 0 Å². The second-order valence-electron chi connectivity index (χ2n) is 7.19. The average Bonchev–Trinajstić information content (AvgIpc) is 2.71. The number of carbonyl (C=O) groups is 2. The van der Waals surface area contributed by atoms with E-state index < -0.39 is 0 Å². The summed E-state index contributed by atoms with van der Waals surface area (Å²) in [6.07, 6.45) is 1.03. The first kappa shape index (κ1) is 19.5. The van der Waals surface area contributed by atoms with Crippen LogP contribution in [0.25, 0.3) is 0 Å². The Morgan fingerprint density at radius 2 is 1.93 bits per heavy atom. The van der Waals surface area contributed by atoms with Crippen molar-refractivity contribution < 1.29 is 19.1 Å². The maximum Gasteiger partial charge on any atom is 0.227 e. The van der Waals surface area contributed by atoms with Gasteiger partial charge in [0.05, 0.1) is 25.7 Å². The second kappa shape index (κ2) is 8.61. The minimum Gasteiger partial charge on any atom is -0.497 e. The van der Waals surface area contributed by atoms with E-state index >= 15 is 0 Å². The Morgan fingerprint density at radius 3 is 2.59 bits per heavy atom. The maximum atomic E-state index is 13.1. The fourth-order valence-corrected chi connectivity index (χ4v) is 4.02. The van der Waals surface area contributed by atoms with Crippen molar-refractivity contribution in [1.29, 1.82) is 0 Å². The minimum atomic E-state index is -0.184. The first-order valence-corrected chi connectivity index (χ1v) is 9.47. The summed E-state index contributed by atoms with van der Waals surface area (Å²) in [5.74, 6) is 0.880. The van der Waals surface area contributed by atoms with Gasteiger partial charge in [0, 0.05) is 58.5 Å². The molecule has 0 saturated carbocycles. The van der Waals surface area contributed by atoms with Crippen molar-refractivity contribution in [2.75, 3.05) is 59.0 Å². The number of ether oxygens (including phenoxy) is 2. The van der Waals surface area contributed by atoms with Gasteiger partial charge >= 0.3 is 0 Å². The summed E-state index contributed by atoms with van der Waals surface area (Å²) in [6.45, 7) is 3.33. The predicted molar refractivity (Wildman–Crippen MR) is 103 cm³/mol. The molecule has 2 amide bonds. The number of likely N-dealkylation sites (tertiary alicyclic amines) is 1. The van der Waals surface area contributed by atoms with Crippen LogP contribution in [0, 0.1) is 5.92 Å². The molecule has 0 radical (unpaired) electrons. The van der Waals surface area contributed by atoms with Gasteiger partial charge in [-0.3, -0.25) is 9.59 Å². The topological polar surface area (TPSA) is 62.3 Å². The van der Waals surface area contributed by atoms with E-state index in [9.17, 15) is 9.59 Å². The van der Waals surface area contributed by atoms with Crippen molar-refractivity contribution in [3.63, 3.8) is 0 Å². The van der Waals surface area contributed by atoms with E-state index in [1.807, 2.05) is 23.1 Å². The summed E-state index contributed by atoms with van der Waals surface area (Å²) in [6, 6.07) is 7.82. The SMILES string of the molecule is COC[C@@H]1[C@H](C(=O)N2CCN(c3cccc(OC)c3)CC2)CCC(=O)N1C. The van der Waals surface area contributed by atoms with Crippen LogP contribution in [0.1, 0.15) is 12.8 Å². The Morgan fingerprint density at radius 1 is 1.19 bits per heavy atom. The summed E-state index contributed by atoms with van der Waals surface area (Å²) in [5, 5.41) is 0. The first-order chi connectivity index (χ1) is 13.0. The summed E-state index contributed by atoms with van der Waals surface area (Å²) in [5.41, 5.74) is 1.11. The highest BCUT2D eigenvalue weighted by Gasteiger charge is 2.40. The number of likely N-dealkylation sites (N-methyl/N-ethyl adjacent to an activating group) is 1. The predicted octanol–water partition coefficient (Wildman–Crippen LogP) is 1.23. The zero-order valence-electron chi connectivity index (χ0n) is 16.4. The molecule has 2 fully saturated rings. The molecule has 1 aromatic carbocycles. The Balaban J connectivity index is 1.62. The van der Waals surface area contributed by atoms with Gasteiger partial charge in [-0.05, 0) is 18.6 Å². The molecule has 2 atom stereocenters. The van der Waals surface area contributed by atoms with E-state index in [1.165, 1.54) is 0 Å². The van der Waals surface area contributed by atoms with Crippen LogP contribution in [0.15, 0.2) is 24.3 Å². The number of benzene rings is 1. The van der Waals surface area contributed by atoms with Gasteiger partial charge in [-0.15, -0.1) is 0 Å². The number of piperazine rings is 1. The van der Waals surface area contributed by atoms with Crippen molar-refractivity contribution in [3.8, 4) is 5.75 Å². The number of methoxy groups -OCH3 is 2. The van der Waals surface area contributed by atoms with Crippen LogP contribution < -0.4 is 9.64 Å². The molecule has 2 heterocycles. The van der Waals surface area contributed by atoms with Crippen LogP contribution >= 0.6 is 0 Å². The molecular weight excluding hydrogens is 346 g/mol. The summed E-state index contributed by atoms with van der Waals surface area (Å²) in [4.78, 5) is 31.0. The molecule has 0 unspecified atom stereocenters. The summed E-state index contributed by atoms with van der Waals surface area (Å²) >= 11 is 0. The van der Waals surface area contributed by atoms with Crippen molar-refractivity contribution in [1.82, 2.24) is 9.80 Å². The van der Waals surface area contributed by atoms with Crippen molar-refractivity contribution in [2.45, 2.75) is 18.9 Å². The largest absolute Gasteiger partial charge is 0.497 e. The molecule has 0 spiro atoms. The highest BCUT2D eigenvalue weighted by Crippen LogP contribution is 2.27. The number of anilines is 1. The number of rotatable bonds is 5. The number of carbonyl (C=O) groups excluding carboxylic acids is 2. The number of hydrogen-bond donors (Lipinski definition) is 0. The molecule has 1 aromatic rings. The fourth-order valence-electron chi connectivity index (χ4n) is 4.02. The van der Waals surface area contributed by atoms with Crippen molar-refractivity contribution >= 4 is 17.5 Å². The van der Waals surface area contributed by atoms with Gasteiger partial charge in [0.1, 0.15) is 5.75 Å². The van der Waals surface area contributed by atoms with Gasteiger partial charge in [0.25, 0.3) is 0 Å². The Kier molecular flexibility index (Phi) is 6.21. The van der Waals surface area contributed by atoms with Crippen LogP contribution in [-0.4, -0.2) is 81.7 Å². The lowest BCUT2D eigenvalue weighted by Gasteiger charge is -2.42. The van der Waals surface area contributed by atoms with Crippen LogP contribution in [0.5, 0.6) is 5.75 Å². The van der Waals surface area contributed by atoms with Crippen LogP contribution in [0.2, 0.25) is 0 Å². The summed E-state index contributed by atoms with van der Waals surface area (Å²) < 4.78 is 10.6. The Bertz CT molecular complexity index is 673. The van der Waals surface area contributed by atoms with Gasteiger partial charge in [0.2, 0.25) is 11.8 Å². The lowest BCUT2D eigenvalue weighted by atomic mass is 9.88. The third-order valence-electron chi connectivity index (χ3n) is 5.69. The lowest BCUT2D eigenvalue weighted by Crippen LogP contribution is -2.57. The number of piperidine rings is 1. The Hall–Kier alpha value is -2.28. The van der Waals surface area contributed by atoms with Crippen molar-refractivity contribution in [3.05, 3.63) is 24.3 Å². The second-order valence-corrected chi connectivity index (χ2v) is 7.19. The molecule has 0 bridgehead atoms. The monoisotopic (exact) mass is 375 g/mol. The number of hydrogen-bond acceptors (Lipinski definition) is 5. The third kappa shape index (κ3) is 4.18. The van der Waals surface area contributed by atoms with E-state index in [2.05, 4.69) is 11.0 Å². The molecule has 3 rings (SSSR count). The standard InChI is InChI=1S/C20H29N3O4/c1-21-18(14-26-2)17(7-8-19(21)24)20(25)23-11-9-22(10-12-23)15-5-4-6-16(13-15)27-3/h4-6,13,17-18H,7-12,14H2,1-3H3/t17-,18-/m1/s1. The van der Waals surface area contributed by atoms with Crippen LogP contribution in [-0.2, 0) is 14.3 Å². The summed E-state index contributed by atoms with van der Waals surface area (Å²) in [7, 11) is 5.05. The molecule has 0 N–H and O–H groups in total. The third-order valence-corrected chi connectivity index (χ3v) is 5.69. The highest BCUT2D eigenvalue weighted by atomic mass is 16.5. The molecule has 2 aliphatic heterocycles. The van der Waals surface area contributed by atoms with E-state index in [-0.39, 0.29) is 23.8 Å². The van der Waals surface area contributed by atoms with E-state index in [4.69, 9.17) is 9.47 Å². The van der Waals surface area contributed by atoms with Gasteiger partial charge in [-0.25, -0.2) is 0 Å². The van der Waals surface area contributed by atoms with Crippen molar-refractivity contribution in [2.24, 2.45) is 5.92 Å². The zero-order chi connectivity index (χ0) is 19.4. The van der Waals surface area contributed by atoms with E-state index in [0.717, 1.165) is 24.5 Å². The van der Waals surface area contributed by atoms with E-state index in [1.54, 1.807) is 26.2 Å². The minimum absolute atomic E-state index is 0.0870. The van der Waals surface area contributed by atoms with Gasteiger partial charge in [0.15, 0.2) is 0 Å². The number of nitrogens with zero attached hydrogens (tertiary/aromatic N) is 3. The molecule has 0 aromatic heterocycles. The van der Waals surface area contributed by atoms with Gasteiger partial charge in [-0.2, -0.15) is 0 Å². The number of amides is 2. The fraction of sp³-hybridized carbons (Fsp3) is 0.600. The highest BCUT2D eigenvalue weighted by molar-refractivity contribution is 5.84. The maximum absolute atomic E-state index is 13.1. The lowest BCUT2D eigenvalue weighted by molar-refractivity contribution is -0.148. The Labute approximate surface area is 160 Å². The quantitative estimate of drug-likeness (QED) is 0.775. The molecule has 148 valence electrons. The van der Waals surface area contributed by atoms with Gasteiger partial charge < -0.3 is 24.2 Å².